The number of hydrogen-bond acceptors (Lipinski definition) is 27. The molecule has 9 unspecified atom stereocenters. The first-order valence-electron chi connectivity index (χ1n) is 24.9. The topological polar surface area (TPSA) is 460 Å². The average molecular weight is 1090 g/mol. The zero-order valence-electron chi connectivity index (χ0n) is 42.2. The third-order valence-electron chi connectivity index (χ3n) is 13.7. The van der Waals surface area contributed by atoms with E-state index in [-0.39, 0.29) is 38.3 Å². The number of aliphatic hydroxyl groups is 12. The van der Waals surface area contributed by atoms with Crippen molar-refractivity contribution >= 4 is 11.9 Å². The normalized spacial score (nSPS) is 30.7. The lowest BCUT2D eigenvalue weighted by molar-refractivity contribution is -0.315. The first kappa shape index (κ1) is 60.8. The SMILES string of the molecule is CC(=O)N[C@H]1C(C(O)C(O)CO)O[C@@](OCc2cn(CCN(CCn3cc(CO[C@@H]4C[C@@H](O)[C@@H](C)C(C(O)C(O)CO)O4)nn3)CCn3cc(CO[C@@H]4C[C@@H](O)[C@@H](C)C(C(O)C(O)CO)O4)nn3)nn2)(C(=O)O)C[C@H]1O. The number of carboxylic acids is 1. The molecule has 76 heavy (non-hydrogen) atoms. The number of nitrogens with zero attached hydrogens (tertiary/aromatic N) is 10. The van der Waals surface area contributed by atoms with Crippen LogP contribution in [0, 0.1) is 11.8 Å². The van der Waals surface area contributed by atoms with Crippen molar-refractivity contribution in [3.8, 4) is 0 Å². The Balaban J connectivity index is 1.09. The van der Waals surface area contributed by atoms with Crippen molar-refractivity contribution in [2.45, 2.75) is 177 Å². The molecule has 3 aromatic rings. The molecule has 3 fully saturated rings. The number of nitrogens with one attached hydrogen (secondary N) is 1. The molecule has 3 aliphatic heterocycles. The number of carbonyl (C=O) groups is 2. The Kier molecular flexibility index (Phi) is 22.4. The van der Waals surface area contributed by atoms with Gasteiger partial charge in [0.25, 0.3) is 5.79 Å². The second-order valence-electron chi connectivity index (χ2n) is 19.4. The smallest absolute Gasteiger partial charge is 0.364 e. The molecule has 3 aliphatic rings. The molecule has 1 amide bonds. The predicted octanol–water partition coefficient (Wildman–Crippen LogP) is -7.49. The Morgan fingerprint density at radius 3 is 1.45 bits per heavy atom. The van der Waals surface area contributed by atoms with E-state index in [2.05, 4.69) is 36.3 Å². The highest BCUT2D eigenvalue weighted by molar-refractivity contribution is 5.76. The van der Waals surface area contributed by atoms with Crippen molar-refractivity contribution in [1.82, 2.24) is 55.2 Å². The van der Waals surface area contributed by atoms with Gasteiger partial charge in [0.2, 0.25) is 5.91 Å². The van der Waals surface area contributed by atoms with Crippen LogP contribution in [0.2, 0.25) is 0 Å². The van der Waals surface area contributed by atoms with Crippen molar-refractivity contribution in [3.05, 3.63) is 35.7 Å². The van der Waals surface area contributed by atoms with Crippen LogP contribution in [0.15, 0.2) is 18.6 Å². The summed E-state index contributed by atoms with van der Waals surface area (Å²) in [7, 11) is 0. The van der Waals surface area contributed by atoms with E-state index in [1.54, 1.807) is 35.6 Å². The Bertz CT molecular complexity index is 2160. The number of aliphatic carboxylic acids is 1. The van der Waals surface area contributed by atoms with Crippen molar-refractivity contribution in [3.63, 3.8) is 0 Å². The summed E-state index contributed by atoms with van der Waals surface area (Å²) in [6.07, 6.45) is -14.6. The van der Waals surface area contributed by atoms with Crippen molar-refractivity contribution in [2.24, 2.45) is 11.8 Å². The van der Waals surface area contributed by atoms with Crippen molar-refractivity contribution < 1.29 is 104 Å². The highest BCUT2D eigenvalue weighted by Gasteiger charge is 2.56. The predicted molar refractivity (Wildman–Crippen MR) is 249 cm³/mol. The summed E-state index contributed by atoms with van der Waals surface area (Å²) in [5.41, 5.74) is 0.982. The van der Waals surface area contributed by atoms with Gasteiger partial charge in [-0.2, -0.15) is 0 Å². The fourth-order valence-corrected chi connectivity index (χ4v) is 9.06. The van der Waals surface area contributed by atoms with E-state index < -0.39 is 154 Å². The van der Waals surface area contributed by atoms with Crippen molar-refractivity contribution in [1.29, 1.82) is 0 Å². The number of aromatic nitrogens is 9. The van der Waals surface area contributed by atoms with Crippen LogP contribution in [-0.4, -0.2) is 265 Å². The van der Waals surface area contributed by atoms with Gasteiger partial charge in [0.1, 0.15) is 59.8 Å². The van der Waals surface area contributed by atoms with Gasteiger partial charge in [0.15, 0.2) is 12.6 Å². The molecular weight excluding hydrogens is 1020 g/mol. The minimum atomic E-state index is -2.60. The lowest BCUT2D eigenvalue weighted by Gasteiger charge is -2.46. The van der Waals surface area contributed by atoms with Gasteiger partial charge in [0, 0.05) is 57.7 Å². The summed E-state index contributed by atoms with van der Waals surface area (Å²) in [5, 5.41) is 160. The second kappa shape index (κ2) is 28.0. The highest BCUT2D eigenvalue weighted by Crippen LogP contribution is 2.35. The number of hydrogen-bond donors (Lipinski definition) is 14. The molecule has 0 aromatic carbocycles. The van der Waals surface area contributed by atoms with Crippen LogP contribution < -0.4 is 5.32 Å². The van der Waals surface area contributed by atoms with Gasteiger partial charge in [-0.15, -0.1) is 15.3 Å². The van der Waals surface area contributed by atoms with E-state index in [0.29, 0.717) is 44.1 Å². The van der Waals surface area contributed by atoms with Crippen LogP contribution in [0.1, 0.15) is 57.1 Å². The van der Waals surface area contributed by atoms with Gasteiger partial charge in [-0.25, -0.2) is 4.79 Å². The monoisotopic (exact) mass is 1090 g/mol. The van der Waals surface area contributed by atoms with Gasteiger partial charge < -0.3 is 100 Å². The van der Waals surface area contributed by atoms with E-state index in [1.165, 1.54) is 10.9 Å². The molecule has 0 saturated carbocycles. The quantitative estimate of drug-likeness (QED) is 0.0307. The van der Waals surface area contributed by atoms with Crippen LogP contribution in [0.4, 0.5) is 0 Å². The number of amides is 1. The Morgan fingerprint density at radius 2 is 1.07 bits per heavy atom. The molecule has 32 heteroatoms. The maximum Gasteiger partial charge on any atom is 0.364 e. The van der Waals surface area contributed by atoms with E-state index in [1.807, 2.05) is 4.90 Å². The molecule has 3 aromatic heterocycles. The summed E-state index contributed by atoms with van der Waals surface area (Å²) >= 11 is 0. The fourth-order valence-electron chi connectivity index (χ4n) is 9.06. The maximum atomic E-state index is 12.7. The number of carbonyl (C=O) groups excluding carboxylic acids is 1. The van der Waals surface area contributed by atoms with Crippen LogP contribution in [0.25, 0.3) is 0 Å². The molecule has 32 nitrogen and oxygen atoms in total. The molecular formula is C44H73N11O21. The number of ether oxygens (including phenoxy) is 6. The summed E-state index contributed by atoms with van der Waals surface area (Å²) in [6.45, 7) is 3.39. The van der Waals surface area contributed by atoms with Crippen LogP contribution in [-0.2, 0) is 77.5 Å². The molecule has 0 aliphatic carbocycles. The third-order valence-corrected chi connectivity index (χ3v) is 13.7. The maximum absolute atomic E-state index is 12.7. The molecule has 6 rings (SSSR count). The molecule has 14 N–H and O–H groups in total. The van der Waals surface area contributed by atoms with Crippen LogP contribution in [0.5, 0.6) is 0 Å². The largest absolute Gasteiger partial charge is 0.477 e. The molecule has 18 atom stereocenters. The second-order valence-corrected chi connectivity index (χ2v) is 19.4. The standard InChI is InChI=1S/C44H73N11O21/c1-22-28(60)10-34(74-40(22)37(66)31(63)16-56)71-19-25-13-53(49-46-25)7-4-52(5-8-54-14-26(47-50-54)20-72-35-11-29(61)23(2)41(75-35)38(67)32(64)17-57)6-9-55-15-27(48-51-55)21-73-44(43(69)70)12-30(62)36(45-24(3)59)42(76-44)39(68)33(65)18-58/h13-15,22-23,28-42,56-58,60-68H,4-12,16-21H2,1-3H3,(H,45,59)(H,69,70)/t22-,23-,28-,29-,30-,31?,32?,33?,34+,35+,36-,37?,38?,39?,40?,41?,42?,44-/m1/s1. The van der Waals surface area contributed by atoms with Crippen LogP contribution in [0.3, 0.4) is 0 Å². The summed E-state index contributed by atoms with van der Waals surface area (Å²) in [4.78, 5) is 26.6. The first-order chi connectivity index (χ1) is 36.1. The number of aliphatic hydroxyl groups excluding tert-OH is 12. The summed E-state index contributed by atoms with van der Waals surface area (Å²) < 4.78 is 39.4. The van der Waals surface area contributed by atoms with E-state index in [9.17, 15) is 76.0 Å². The van der Waals surface area contributed by atoms with E-state index >= 15 is 0 Å². The lowest BCUT2D eigenvalue weighted by atomic mass is 9.87. The Labute approximate surface area is 434 Å². The highest BCUT2D eigenvalue weighted by atomic mass is 16.7. The Morgan fingerprint density at radius 1 is 0.671 bits per heavy atom. The summed E-state index contributed by atoms with van der Waals surface area (Å²) in [6, 6.07) is -1.38. The van der Waals surface area contributed by atoms with Gasteiger partial charge in [-0.3, -0.25) is 23.7 Å². The van der Waals surface area contributed by atoms with Gasteiger partial charge in [-0.1, -0.05) is 29.5 Å². The Hall–Kier alpha value is -4.40. The number of carboxylic acid groups (broad SMARTS) is 1. The molecule has 6 heterocycles. The molecule has 0 radical (unpaired) electrons. The van der Waals surface area contributed by atoms with Gasteiger partial charge in [-0.05, 0) is 0 Å². The molecule has 3 saturated heterocycles. The first-order valence-corrected chi connectivity index (χ1v) is 24.9. The minimum Gasteiger partial charge on any atom is -0.477 e. The molecule has 0 spiro atoms. The summed E-state index contributed by atoms with van der Waals surface area (Å²) in [5.74, 6) is -6.06. The van der Waals surface area contributed by atoms with Gasteiger partial charge in [0.05, 0.1) is 114 Å². The average Bonchev–Trinajstić information content (AvgIpc) is 4.19. The van der Waals surface area contributed by atoms with E-state index in [4.69, 9.17) is 28.4 Å². The van der Waals surface area contributed by atoms with E-state index in [0.717, 1.165) is 6.92 Å². The van der Waals surface area contributed by atoms with Gasteiger partial charge >= 0.3 is 5.97 Å². The van der Waals surface area contributed by atoms with Crippen molar-refractivity contribution in [2.75, 3.05) is 39.5 Å². The zero-order chi connectivity index (χ0) is 55.4. The zero-order valence-corrected chi connectivity index (χ0v) is 42.2. The lowest BCUT2D eigenvalue weighted by Crippen LogP contribution is -2.67. The minimum absolute atomic E-state index is 0.0766. The third kappa shape index (κ3) is 15.9. The van der Waals surface area contributed by atoms with Crippen LogP contribution >= 0.6 is 0 Å². The fraction of sp³-hybridized carbons (Fsp3) is 0.818. The number of rotatable bonds is 29. The molecule has 0 bridgehead atoms. The molecule has 430 valence electrons.